The molecule has 2 aromatic heterocycles. The summed E-state index contributed by atoms with van der Waals surface area (Å²) in [6.45, 7) is 4.85. The van der Waals surface area contributed by atoms with Crippen LogP contribution in [0.1, 0.15) is 39.4 Å². The number of benzene rings is 1. The number of H-pyrrole nitrogens is 1. The van der Waals surface area contributed by atoms with Gasteiger partial charge in [-0.3, -0.25) is 9.59 Å². The smallest absolute Gasteiger partial charge is 0.256 e. The summed E-state index contributed by atoms with van der Waals surface area (Å²) in [5.74, 6) is 0.385. The van der Waals surface area contributed by atoms with Crippen LogP contribution in [0.15, 0.2) is 24.3 Å². The summed E-state index contributed by atoms with van der Waals surface area (Å²) in [4.78, 5) is 30.9. The molecule has 0 fully saturated rings. The number of rotatable bonds is 0. The Hall–Kier alpha value is -3.81. The molecule has 2 bridgehead atoms. The third-order valence-corrected chi connectivity index (χ3v) is 5.99. The second-order valence-electron chi connectivity index (χ2n) is 8.37. The van der Waals surface area contributed by atoms with Gasteiger partial charge in [-0.25, -0.2) is 4.68 Å². The largest absolute Gasteiger partial charge is 0.477 e. The van der Waals surface area contributed by atoms with Crippen molar-refractivity contribution in [1.82, 2.24) is 19.7 Å². The lowest BCUT2D eigenvalue weighted by molar-refractivity contribution is -0.110. The van der Waals surface area contributed by atoms with Crippen LogP contribution in [0.2, 0.25) is 0 Å². The van der Waals surface area contributed by atoms with Gasteiger partial charge in [0.25, 0.3) is 11.8 Å². The number of amides is 2. The maximum atomic E-state index is 13.1. The number of carbonyl (C=O) groups is 2. The van der Waals surface area contributed by atoms with E-state index in [1.807, 2.05) is 45.2 Å². The molecule has 5 rings (SSSR count). The Balaban J connectivity index is 1.73. The molecule has 8 heteroatoms. The second-order valence-corrected chi connectivity index (χ2v) is 8.37. The minimum absolute atomic E-state index is 0.0967. The van der Waals surface area contributed by atoms with E-state index in [-0.39, 0.29) is 11.8 Å². The quantitative estimate of drug-likeness (QED) is 0.571. The van der Waals surface area contributed by atoms with Gasteiger partial charge < -0.3 is 19.9 Å². The molecule has 3 aromatic rings. The minimum atomic E-state index is -0.195. The van der Waals surface area contributed by atoms with Crippen LogP contribution < -0.4 is 10.1 Å². The van der Waals surface area contributed by atoms with Gasteiger partial charge in [0.1, 0.15) is 0 Å². The molecule has 2 amide bonds. The number of aryl methyl sites for hydroxylation is 3. The van der Waals surface area contributed by atoms with Crippen LogP contribution in [0.3, 0.4) is 0 Å². The first-order valence-corrected chi connectivity index (χ1v) is 10.6. The van der Waals surface area contributed by atoms with E-state index >= 15 is 0 Å². The average molecular weight is 431 g/mol. The lowest BCUT2D eigenvalue weighted by Gasteiger charge is -2.17. The first kappa shape index (κ1) is 20.1. The Morgan fingerprint density at radius 2 is 1.91 bits per heavy atom. The van der Waals surface area contributed by atoms with Crippen molar-refractivity contribution >= 4 is 29.2 Å². The molecule has 0 saturated heterocycles. The van der Waals surface area contributed by atoms with E-state index in [1.54, 1.807) is 22.7 Å². The molecule has 0 radical (unpaired) electrons. The molecule has 0 aliphatic carbocycles. The Morgan fingerprint density at radius 3 is 2.72 bits per heavy atom. The van der Waals surface area contributed by atoms with Gasteiger partial charge in [-0.15, -0.1) is 0 Å². The molecular weight excluding hydrogens is 406 g/mol. The SMILES string of the molecule is Cc1cc2c([nH]1)/C=C1\C(=O)Nc3ccc(cc31)-c1c(C)nn(C)c1OCCCN(C)C2=O. The summed E-state index contributed by atoms with van der Waals surface area (Å²) >= 11 is 0. The van der Waals surface area contributed by atoms with E-state index in [2.05, 4.69) is 15.4 Å². The zero-order valence-corrected chi connectivity index (χ0v) is 18.6. The van der Waals surface area contributed by atoms with Crippen LogP contribution in [0.25, 0.3) is 22.8 Å². The van der Waals surface area contributed by atoms with Crippen LogP contribution in [0, 0.1) is 13.8 Å². The summed E-state index contributed by atoms with van der Waals surface area (Å²) in [5.41, 5.74) is 6.77. The molecule has 2 aliphatic rings. The summed E-state index contributed by atoms with van der Waals surface area (Å²) in [6, 6.07) is 7.68. The fourth-order valence-electron chi connectivity index (χ4n) is 4.44. The third-order valence-electron chi connectivity index (χ3n) is 5.99. The van der Waals surface area contributed by atoms with Gasteiger partial charge in [0, 0.05) is 37.6 Å². The van der Waals surface area contributed by atoms with E-state index in [0.29, 0.717) is 42.3 Å². The predicted molar refractivity (Wildman–Crippen MR) is 122 cm³/mol. The van der Waals surface area contributed by atoms with Crippen molar-refractivity contribution in [3.05, 3.63) is 52.5 Å². The lowest BCUT2D eigenvalue weighted by Crippen LogP contribution is -2.29. The van der Waals surface area contributed by atoms with E-state index in [9.17, 15) is 9.59 Å². The van der Waals surface area contributed by atoms with E-state index in [4.69, 9.17) is 4.74 Å². The number of aromatic nitrogens is 3. The molecule has 0 unspecified atom stereocenters. The molecule has 4 heterocycles. The van der Waals surface area contributed by atoms with Crippen molar-refractivity contribution in [2.75, 3.05) is 25.5 Å². The monoisotopic (exact) mass is 431 g/mol. The topological polar surface area (TPSA) is 92.2 Å². The Labute approximate surface area is 185 Å². The maximum absolute atomic E-state index is 13.1. The second kappa shape index (κ2) is 7.40. The van der Waals surface area contributed by atoms with E-state index in [1.165, 1.54) is 0 Å². The highest BCUT2D eigenvalue weighted by molar-refractivity contribution is 6.35. The lowest BCUT2D eigenvalue weighted by atomic mass is 9.98. The Bertz CT molecular complexity index is 1300. The van der Waals surface area contributed by atoms with Crippen LogP contribution >= 0.6 is 0 Å². The average Bonchev–Trinajstić information content (AvgIpc) is 3.36. The number of carbonyl (C=O) groups excluding carboxylic acids is 2. The fraction of sp³-hybridized carbons (Fsp3) is 0.292. The number of fused-ring (bicyclic) bond motifs is 4. The van der Waals surface area contributed by atoms with Gasteiger partial charge in [0.05, 0.1) is 34.7 Å². The van der Waals surface area contributed by atoms with Gasteiger partial charge in [-0.2, -0.15) is 5.10 Å². The molecule has 1 aromatic carbocycles. The fourth-order valence-corrected chi connectivity index (χ4v) is 4.44. The van der Waals surface area contributed by atoms with Crippen molar-refractivity contribution in [2.45, 2.75) is 20.3 Å². The van der Waals surface area contributed by atoms with Crippen LogP contribution in [0.4, 0.5) is 5.69 Å². The summed E-state index contributed by atoms with van der Waals surface area (Å²) in [5, 5.41) is 7.47. The van der Waals surface area contributed by atoms with Gasteiger partial charge in [0.2, 0.25) is 5.88 Å². The van der Waals surface area contributed by atoms with Crippen molar-refractivity contribution in [1.29, 1.82) is 0 Å². The first-order chi connectivity index (χ1) is 15.3. The number of hydrogen-bond acceptors (Lipinski definition) is 4. The molecular formula is C24H25N5O3. The summed E-state index contributed by atoms with van der Waals surface area (Å²) in [7, 11) is 3.64. The molecule has 8 nitrogen and oxygen atoms in total. The molecule has 0 atom stereocenters. The van der Waals surface area contributed by atoms with Gasteiger partial charge in [0.15, 0.2) is 0 Å². The number of nitrogens with zero attached hydrogens (tertiary/aromatic N) is 3. The van der Waals surface area contributed by atoms with Crippen LogP contribution in [-0.4, -0.2) is 51.7 Å². The van der Waals surface area contributed by atoms with Gasteiger partial charge in [-0.05, 0) is 50.1 Å². The Morgan fingerprint density at radius 1 is 1.09 bits per heavy atom. The number of anilines is 1. The van der Waals surface area contributed by atoms with Crippen molar-refractivity contribution < 1.29 is 14.3 Å². The van der Waals surface area contributed by atoms with E-state index in [0.717, 1.165) is 33.8 Å². The standard InChI is InChI=1S/C24H25N5O3/c1-13-10-18-20(25-13)12-17-16-11-15(6-7-19(16)26-22(17)30)21-14(2)27-29(4)24(21)32-9-5-8-28(3)23(18)31/h6-7,10-12,25H,5,8-9H2,1-4H3,(H,26,30)/b17-12-. The Kier molecular flexibility index (Phi) is 4.65. The molecule has 2 N–H and O–H groups in total. The minimum Gasteiger partial charge on any atom is -0.477 e. The zero-order chi connectivity index (χ0) is 22.6. The summed E-state index contributed by atoms with van der Waals surface area (Å²) < 4.78 is 7.86. The van der Waals surface area contributed by atoms with Gasteiger partial charge in [-0.1, -0.05) is 6.07 Å². The molecule has 2 aliphatic heterocycles. The number of hydrogen-bond donors (Lipinski definition) is 2. The van der Waals surface area contributed by atoms with Crippen molar-refractivity contribution in [2.24, 2.45) is 7.05 Å². The normalized spacial score (nSPS) is 17.5. The summed E-state index contributed by atoms with van der Waals surface area (Å²) in [6.07, 6.45) is 2.45. The first-order valence-electron chi connectivity index (χ1n) is 10.6. The molecule has 164 valence electrons. The molecule has 0 saturated carbocycles. The number of nitrogens with one attached hydrogen (secondary N) is 2. The predicted octanol–water partition coefficient (Wildman–Crippen LogP) is 3.38. The number of ether oxygens (including phenoxy) is 1. The van der Waals surface area contributed by atoms with Gasteiger partial charge >= 0.3 is 0 Å². The van der Waals surface area contributed by atoms with E-state index < -0.39 is 0 Å². The van der Waals surface area contributed by atoms with Crippen molar-refractivity contribution in [3.63, 3.8) is 0 Å². The highest BCUT2D eigenvalue weighted by atomic mass is 16.5. The highest BCUT2D eigenvalue weighted by Crippen LogP contribution is 2.40. The highest BCUT2D eigenvalue weighted by Gasteiger charge is 2.28. The zero-order valence-electron chi connectivity index (χ0n) is 18.6. The number of aromatic amines is 1. The molecule has 32 heavy (non-hydrogen) atoms. The third kappa shape index (κ3) is 3.19. The maximum Gasteiger partial charge on any atom is 0.256 e. The van der Waals surface area contributed by atoms with Crippen LogP contribution in [0.5, 0.6) is 5.88 Å². The van der Waals surface area contributed by atoms with Crippen LogP contribution in [-0.2, 0) is 11.8 Å². The van der Waals surface area contributed by atoms with Crippen molar-refractivity contribution in [3.8, 4) is 17.0 Å². The molecule has 0 spiro atoms.